The largest absolute Gasteiger partial charge is 0.443 e. The van der Waals surface area contributed by atoms with Gasteiger partial charge in [0.05, 0.1) is 0 Å². The van der Waals surface area contributed by atoms with Crippen LogP contribution in [0.2, 0.25) is 0 Å². The maximum atomic E-state index is 13.1. The summed E-state index contributed by atoms with van der Waals surface area (Å²) in [7, 11) is 0. The van der Waals surface area contributed by atoms with Crippen molar-refractivity contribution < 1.29 is 23.9 Å². The fourth-order valence-electron chi connectivity index (χ4n) is 4.07. The van der Waals surface area contributed by atoms with E-state index in [1.54, 1.807) is 97.3 Å². The predicted molar refractivity (Wildman–Crippen MR) is 176 cm³/mol. The van der Waals surface area contributed by atoms with E-state index >= 15 is 0 Å². The highest BCUT2D eigenvalue weighted by molar-refractivity contribution is 6.09. The molecule has 0 atom stereocenters. The molecule has 0 unspecified atom stereocenters. The number of hydrogen-bond acceptors (Lipinski definition) is 9. The van der Waals surface area contributed by atoms with Gasteiger partial charge in [0.15, 0.2) is 5.82 Å². The van der Waals surface area contributed by atoms with Gasteiger partial charge in [-0.2, -0.15) is 4.90 Å². The molecular weight excluding hydrogens is 572 g/mol. The highest BCUT2D eigenvalue weighted by atomic mass is 16.6. The second-order valence-corrected chi connectivity index (χ2v) is 12.2. The molecule has 0 aliphatic carbocycles. The number of pyridine rings is 2. The molecule has 0 fully saturated rings. The summed E-state index contributed by atoms with van der Waals surface area (Å²) in [5.41, 5.74) is 2.88. The zero-order chi connectivity index (χ0) is 32.8. The van der Waals surface area contributed by atoms with Crippen molar-refractivity contribution in [2.24, 2.45) is 0 Å². The Morgan fingerprint density at radius 2 is 1.22 bits per heavy atom. The Bertz CT molecular complexity index is 1630. The van der Waals surface area contributed by atoms with Crippen molar-refractivity contribution in [1.82, 2.24) is 9.97 Å². The maximum absolute atomic E-state index is 13.1. The third-order valence-electron chi connectivity index (χ3n) is 5.85. The molecule has 2 heterocycles. The molecule has 3 amide bonds. The monoisotopic (exact) mass is 610 g/mol. The van der Waals surface area contributed by atoms with Crippen LogP contribution >= 0.6 is 0 Å². The third kappa shape index (κ3) is 9.78. The lowest BCUT2D eigenvalue weighted by Gasteiger charge is -2.28. The summed E-state index contributed by atoms with van der Waals surface area (Å²) >= 11 is 0. The summed E-state index contributed by atoms with van der Waals surface area (Å²) in [6.07, 6.45) is 1.58. The summed E-state index contributed by atoms with van der Waals surface area (Å²) in [5, 5.41) is 9.44. The number of aryl methyl sites for hydroxylation is 1. The Morgan fingerprint density at radius 1 is 0.667 bits per heavy atom. The van der Waals surface area contributed by atoms with E-state index in [1.807, 2.05) is 36.4 Å². The molecule has 0 aliphatic heterocycles. The number of nitrogens with one attached hydrogen (secondary N) is 3. The summed E-state index contributed by atoms with van der Waals surface area (Å²) in [6.45, 7) is 12.0. The first-order valence-electron chi connectivity index (χ1n) is 14.4. The predicted octanol–water partition coefficient (Wildman–Crippen LogP) is 8.20. The van der Waals surface area contributed by atoms with Gasteiger partial charge in [0, 0.05) is 58.2 Å². The molecule has 3 N–H and O–H groups in total. The maximum Gasteiger partial charge on any atom is 0.425 e. The number of imide groups is 1. The molecule has 0 saturated heterocycles. The molecule has 0 radical (unpaired) electrons. The van der Waals surface area contributed by atoms with Crippen LogP contribution in [-0.2, 0) is 9.47 Å². The van der Waals surface area contributed by atoms with Crippen molar-refractivity contribution in [2.45, 2.75) is 59.7 Å². The van der Waals surface area contributed by atoms with E-state index in [9.17, 15) is 14.4 Å². The molecule has 2 aromatic heterocycles. The number of anilines is 6. The van der Waals surface area contributed by atoms with Gasteiger partial charge in [-0.05, 0) is 109 Å². The lowest BCUT2D eigenvalue weighted by atomic mass is 10.1. The zero-order valence-electron chi connectivity index (χ0n) is 26.5. The Balaban J connectivity index is 1.48. The lowest BCUT2D eigenvalue weighted by molar-refractivity contribution is 0.0429. The van der Waals surface area contributed by atoms with Gasteiger partial charge < -0.3 is 25.4 Å². The van der Waals surface area contributed by atoms with Crippen LogP contribution in [0.15, 0.2) is 85.2 Å². The summed E-state index contributed by atoms with van der Waals surface area (Å²) in [4.78, 5) is 48.4. The van der Waals surface area contributed by atoms with Crippen LogP contribution in [0.1, 0.15) is 57.6 Å². The third-order valence-corrected chi connectivity index (χ3v) is 5.85. The van der Waals surface area contributed by atoms with Crippen LogP contribution < -0.4 is 20.9 Å². The van der Waals surface area contributed by atoms with E-state index in [1.165, 1.54) is 0 Å². The molecule has 45 heavy (non-hydrogen) atoms. The van der Waals surface area contributed by atoms with Gasteiger partial charge in [-0.1, -0.05) is 6.07 Å². The van der Waals surface area contributed by atoms with Crippen LogP contribution in [0.4, 0.5) is 43.8 Å². The van der Waals surface area contributed by atoms with Crippen molar-refractivity contribution >= 4 is 52.3 Å². The highest BCUT2D eigenvalue weighted by Crippen LogP contribution is 2.26. The van der Waals surface area contributed by atoms with Gasteiger partial charge in [0.1, 0.15) is 11.2 Å². The molecule has 4 aromatic rings. The van der Waals surface area contributed by atoms with Crippen LogP contribution in [-0.4, -0.2) is 39.3 Å². The average molecular weight is 611 g/mol. The zero-order valence-corrected chi connectivity index (χ0v) is 26.5. The van der Waals surface area contributed by atoms with Crippen LogP contribution in [0.5, 0.6) is 0 Å². The molecule has 2 aromatic carbocycles. The van der Waals surface area contributed by atoms with Gasteiger partial charge in [-0.3, -0.25) is 9.78 Å². The first-order chi connectivity index (χ1) is 21.1. The molecule has 234 valence electrons. The van der Waals surface area contributed by atoms with Crippen molar-refractivity contribution in [3.05, 3.63) is 96.4 Å². The fourth-order valence-corrected chi connectivity index (χ4v) is 4.07. The van der Waals surface area contributed by atoms with E-state index in [0.29, 0.717) is 28.3 Å². The first-order valence-corrected chi connectivity index (χ1v) is 14.4. The topological polar surface area (TPSA) is 135 Å². The average Bonchev–Trinajstić information content (AvgIpc) is 2.92. The SMILES string of the molecule is Cc1cc(Nc2ccc(C(=O)Nc3cccc(Nc4ccncc4)c3)cc2)cc(N(C(=O)OC(C)(C)C)C(=O)OC(C)(C)C)n1. The number of ether oxygens (including phenoxy) is 2. The summed E-state index contributed by atoms with van der Waals surface area (Å²) in [6, 6.07) is 21.3. The van der Waals surface area contributed by atoms with Crippen molar-refractivity contribution in [3.63, 3.8) is 0 Å². The minimum Gasteiger partial charge on any atom is -0.443 e. The van der Waals surface area contributed by atoms with Crippen molar-refractivity contribution in [3.8, 4) is 0 Å². The van der Waals surface area contributed by atoms with E-state index in [-0.39, 0.29) is 11.7 Å². The lowest BCUT2D eigenvalue weighted by Crippen LogP contribution is -2.44. The molecule has 11 heteroatoms. The van der Waals surface area contributed by atoms with Crippen LogP contribution in [0.25, 0.3) is 0 Å². The number of nitrogens with zero attached hydrogens (tertiary/aromatic N) is 3. The van der Waals surface area contributed by atoms with Gasteiger partial charge in [-0.15, -0.1) is 0 Å². The second-order valence-electron chi connectivity index (χ2n) is 12.2. The Labute approximate surface area is 263 Å². The van der Waals surface area contributed by atoms with Crippen LogP contribution in [0, 0.1) is 6.92 Å². The van der Waals surface area contributed by atoms with Crippen LogP contribution in [0.3, 0.4) is 0 Å². The molecule has 0 spiro atoms. The van der Waals surface area contributed by atoms with Gasteiger partial charge in [0.25, 0.3) is 5.91 Å². The number of aromatic nitrogens is 2. The second kappa shape index (κ2) is 13.5. The van der Waals surface area contributed by atoms with Gasteiger partial charge in [-0.25, -0.2) is 14.6 Å². The number of rotatable bonds is 7. The quantitative estimate of drug-likeness (QED) is 0.189. The molecule has 11 nitrogen and oxygen atoms in total. The van der Waals surface area contributed by atoms with E-state index in [0.717, 1.165) is 16.3 Å². The van der Waals surface area contributed by atoms with Gasteiger partial charge in [0.2, 0.25) is 0 Å². The number of carbonyl (C=O) groups excluding carboxylic acids is 3. The van der Waals surface area contributed by atoms with E-state index in [4.69, 9.17) is 9.47 Å². The molecule has 0 saturated carbocycles. The smallest absolute Gasteiger partial charge is 0.425 e. The summed E-state index contributed by atoms with van der Waals surface area (Å²) < 4.78 is 11.0. The first kappa shape index (κ1) is 32.5. The Kier molecular flexibility index (Phi) is 9.71. The van der Waals surface area contributed by atoms with Crippen molar-refractivity contribution in [1.29, 1.82) is 0 Å². The summed E-state index contributed by atoms with van der Waals surface area (Å²) in [5.74, 6) is -0.229. The minimum atomic E-state index is -0.908. The molecule has 0 aliphatic rings. The van der Waals surface area contributed by atoms with Gasteiger partial charge >= 0.3 is 12.2 Å². The molecular formula is C34H38N6O5. The number of benzene rings is 2. The van der Waals surface area contributed by atoms with E-state index < -0.39 is 23.4 Å². The standard InChI is InChI=1S/C34H38N6O5/c1-22-19-28(21-29(36-22)40(31(42)44-33(2,3)4)32(43)45-34(5,6)7)38-24-13-11-23(12-14-24)30(41)39-27-10-8-9-26(20-27)37-25-15-17-35-18-16-25/h8-21H,1-7H3,(H,35,37)(H,36,38)(H,39,41). The number of carbonyl (C=O) groups is 3. The van der Waals surface area contributed by atoms with Crippen molar-refractivity contribution in [2.75, 3.05) is 20.9 Å². The minimum absolute atomic E-state index is 0.0395. The molecule has 0 bridgehead atoms. The Morgan fingerprint density at radius 3 is 1.82 bits per heavy atom. The number of hydrogen-bond donors (Lipinski definition) is 3. The highest BCUT2D eigenvalue weighted by Gasteiger charge is 2.34. The fraction of sp³-hybridized carbons (Fsp3) is 0.265. The van der Waals surface area contributed by atoms with E-state index in [2.05, 4.69) is 25.9 Å². The molecule has 4 rings (SSSR count). The normalized spacial score (nSPS) is 11.3. The Hall–Kier alpha value is -5.45. The number of amides is 3.